The number of hydrogen-bond donors (Lipinski definition) is 2. The lowest BCUT2D eigenvalue weighted by Gasteiger charge is -2.15. The summed E-state index contributed by atoms with van der Waals surface area (Å²) in [6.07, 6.45) is 6.75. The van der Waals surface area contributed by atoms with E-state index in [1.807, 2.05) is 0 Å². The van der Waals surface area contributed by atoms with Gasteiger partial charge < -0.3 is 10.4 Å². The monoisotopic (exact) mass is 285 g/mol. The SMILES string of the molecule is O=C(NC1CCN(C2CC2)C1)c1cncc(C#CCO)c1. The summed E-state index contributed by atoms with van der Waals surface area (Å²) in [6, 6.07) is 2.69. The van der Waals surface area contributed by atoms with Crippen LogP contribution >= 0.6 is 0 Å². The number of nitrogens with zero attached hydrogens (tertiary/aromatic N) is 2. The van der Waals surface area contributed by atoms with Crippen molar-refractivity contribution in [2.24, 2.45) is 0 Å². The number of likely N-dealkylation sites (tertiary alicyclic amines) is 1. The van der Waals surface area contributed by atoms with Crippen LogP contribution in [0, 0.1) is 11.8 Å². The number of rotatable bonds is 3. The number of pyridine rings is 1. The van der Waals surface area contributed by atoms with Crippen LogP contribution in [0.1, 0.15) is 35.2 Å². The number of carbonyl (C=O) groups excluding carboxylic acids is 1. The minimum Gasteiger partial charge on any atom is -0.384 e. The Labute approximate surface area is 124 Å². The van der Waals surface area contributed by atoms with E-state index in [9.17, 15) is 4.79 Å². The summed E-state index contributed by atoms with van der Waals surface area (Å²) in [6.45, 7) is 1.83. The van der Waals surface area contributed by atoms with Crippen LogP contribution in [0.2, 0.25) is 0 Å². The summed E-state index contributed by atoms with van der Waals surface area (Å²) in [4.78, 5) is 18.7. The molecule has 1 aromatic rings. The Kier molecular flexibility index (Phi) is 4.18. The van der Waals surface area contributed by atoms with Gasteiger partial charge >= 0.3 is 0 Å². The third-order valence-electron chi connectivity index (χ3n) is 3.93. The molecular formula is C16H19N3O2. The molecule has 0 spiro atoms. The lowest BCUT2D eigenvalue weighted by atomic mass is 10.2. The van der Waals surface area contributed by atoms with Gasteiger partial charge in [0.1, 0.15) is 6.61 Å². The molecule has 21 heavy (non-hydrogen) atoms. The topological polar surface area (TPSA) is 65.5 Å². The van der Waals surface area contributed by atoms with Crippen molar-refractivity contribution in [2.75, 3.05) is 19.7 Å². The van der Waals surface area contributed by atoms with Crippen LogP contribution in [-0.2, 0) is 0 Å². The summed E-state index contributed by atoms with van der Waals surface area (Å²) < 4.78 is 0. The molecule has 2 aliphatic rings. The molecule has 0 radical (unpaired) electrons. The average molecular weight is 285 g/mol. The normalized spacial score (nSPS) is 21.7. The number of aliphatic hydroxyl groups excluding tert-OH is 1. The van der Waals surface area contributed by atoms with Gasteiger partial charge in [0.2, 0.25) is 0 Å². The molecule has 2 fully saturated rings. The molecule has 0 bridgehead atoms. The Morgan fingerprint density at radius 3 is 3.05 bits per heavy atom. The molecule has 1 unspecified atom stereocenters. The maximum absolute atomic E-state index is 12.3. The van der Waals surface area contributed by atoms with Crippen molar-refractivity contribution in [3.63, 3.8) is 0 Å². The molecule has 1 aliphatic heterocycles. The second kappa shape index (κ2) is 6.25. The zero-order valence-electron chi connectivity index (χ0n) is 11.9. The van der Waals surface area contributed by atoms with Crippen LogP contribution < -0.4 is 5.32 Å². The average Bonchev–Trinajstić information content (AvgIpc) is 3.26. The smallest absolute Gasteiger partial charge is 0.253 e. The Morgan fingerprint density at radius 1 is 1.43 bits per heavy atom. The van der Waals surface area contributed by atoms with E-state index < -0.39 is 0 Å². The molecule has 3 rings (SSSR count). The van der Waals surface area contributed by atoms with E-state index in [1.165, 1.54) is 12.8 Å². The molecule has 1 atom stereocenters. The maximum Gasteiger partial charge on any atom is 0.253 e. The van der Waals surface area contributed by atoms with Gasteiger partial charge in [0.15, 0.2) is 0 Å². The maximum atomic E-state index is 12.3. The predicted molar refractivity (Wildman–Crippen MR) is 78.7 cm³/mol. The number of carbonyl (C=O) groups is 1. The molecule has 1 amide bonds. The molecule has 1 saturated heterocycles. The van der Waals surface area contributed by atoms with Gasteiger partial charge in [-0.3, -0.25) is 14.7 Å². The van der Waals surface area contributed by atoms with Gasteiger partial charge in [-0.2, -0.15) is 0 Å². The van der Waals surface area contributed by atoms with Crippen molar-refractivity contribution in [1.29, 1.82) is 0 Å². The van der Waals surface area contributed by atoms with Gasteiger partial charge in [-0.25, -0.2) is 0 Å². The van der Waals surface area contributed by atoms with Gasteiger partial charge in [0.25, 0.3) is 5.91 Å². The second-order valence-electron chi connectivity index (χ2n) is 5.61. The van der Waals surface area contributed by atoms with Crippen LogP contribution in [0.4, 0.5) is 0 Å². The fourth-order valence-electron chi connectivity index (χ4n) is 2.72. The van der Waals surface area contributed by atoms with Gasteiger partial charge in [-0.1, -0.05) is 11.8 Å². The lowest BCUT2D eigenvalue weighted by molar-refractivity contribution is 0.0937. The highest BCUT2D eigenvalue weighted by molar-refractivity contribution is 5.94. The summed E-state index contributed by atoms with van der Waals surface area (Å²) in [5.41, 5.74) is 1.16. The zero-order valence-corrected chi connectivity index (χ0v) is 11.9. The summed E-state index contributed by atoms with van der Waals surface area (Å²) in [7, 11) is 0. The van der Waals surface area contributed by atoms with Crippen molar-refractivity contribution in [2.45, 2.75) is 31.3 Å². The number of aliphatic hydroxyl groups is 1. The van der Waals surface area contributed by atoms with Crippen LogP contribution in [0.5, 0.6) is 0 Å². The summed E-state index contributed by atoms with van der Waals surface area (Å²) in [5.74, 6) is 5.22. The van der Waals surface area contributed by atoms with E-state index in [0.29, 0.717) is 11.1 Å². The molecular weight excluding hydrogens is 266 g/mol. The molecule has 1 aromatic heterocycles. The fourth-order valence-corrected chi connectivity index (χ4v) is 2.72. The predicted octanol–water partition coefficient (Wildman–Crippen LogP) is 0.392. The highest BCUT2D eigenvalue weighted by atomic mass is 16.2. The van der Waals surface area contributed by atoms with Crippen LogP contribution in [0.3, 0.4) is 0 Å². The lowest BCUT2D eigenvalue weighted by Crippen LogP contribution is -2.37. The van der Waals surface area contributed by atoms with Crippen molar-refractivity contribution < 1.29 is 9.90 Å². The number of aromatic nitrogens is 1. The minimum atomic E-state index is -0.199. The molecule has 2 heterocycles. The van der Waals surface area contributed by atoms with E-state index in [0.717, 1.165) is 25.6 Å². The first kappa shape index (κ1) is 14.1. The van der Waals surface area contributed by atoms with Crippen molar-refractivity contribution in [1.82, 2.24) is 15.2 Å². The van der Waals surface area contributed by atoms with E-state index >= 15 is 0 Å². The van der Waals surface area contributed by atoms with Gasteiger partial charge in [0, 0.05) is 43.1 Å². The first-order valence-electron chi connectivity index (χ1n) is 7.36. The standard InChI is InChI=1S/C16H19N3O2/c20-7-1-2-12-8-13(10-17-9-12)16(21)18-14-5-6-19(11-14)15-3-4-15/h8-10,14-15,20H,3-7,11H2,(H,18,21). The van der Waals surface area contributed by atoms with Crippen molar-refractivity contribution in [3.05, 3.63) is 29.6 Å². The molecule has 1 saturated carbocycles. The molecule has 110 valence electrons. The van der Waals surface area contributed by atoms with Gasteiger partial charge in [-0.15, -0.1) is 0 Å². The molecule has 5 nitrogen and oxygen atoms in total. The van der Waals surface area contributed by atoms with Crippen LogP contribution in [-0.4, -0.2) is 52.7 Å². The van der Waals surface area contributed by atoms with E-state index in [-0.39, 0.29) is 18.6 Å². The van der Waals surface area contributed by atoms with E-state index in [2.05, 4.69) is 27.0 Å². The molecule has 0 aromatic carbocycles. The van der Waals surface area contributed by atoms with E-state index in [4.69, 9.17) is 5.11 Å². The number of nitrogens with one attached hydrogen (secondary N) is 1. The first-order chi connectivity index (χ1) is 10.3. The highest BCUT2D eigenvalue weighted by Crippen LogP contribution is 2.29. The second-order valence-corrected chi connectivity index (χ2v) is 5.61. The molecule has 1 aliphatic carbocycles. The largest absolute Gasteiger partial charge is 0.384 e. The quantitative estimate of drug-likeness (QED) is 0.789. The van der Waals surface area contributed by atoms with Crippen molar-refractivity contribution in [3.8, 4) is 11.8 Å². The van der Waals surface area contributed by atoms with Crippen molar-refractivity contribution >= 4 is 5.91 Å². The fraction of sp³-hybridized carbons (Fsp3) is 0.500. The Morgan fingerprint density at radius 2 is 2.29 bits per heavy atom. The third kappa shape index (κ3) is 3.60. The summed E-state index contributed by atoms with van der Waals surface area (Å²) in [5, 5.41) is 11.8. The minimum absolute atomic E-state index is 0.0993. The van der Waals surface area contributed by atoms with Crippen LogP contribution in [0.25, 0.3) is 0 Å². The number of hydrogen-bond acceptors (Lipinski definition) is 4. The van der Waals surface area contributed by atoms with Gasteiger partial charge in [-0.05, 0) is 25.3 Å². The Balaban J connectivity index is 1.60. The Hall–Kier alpha value is -1.90. The number of amides is 1. The van der Waals surface area contributed by atoms with Crippen LogP contribution in [0.15, 0.2) is 18.5 Å². The molecule has 5 heteroatoms. The summed E-state index contributed by atoms with van der Waals surface area (Å²) >= 11 is 0. The zero-order chi connectivity index (χ0) is 14.7. The Bertz CT molecular complexity index is 587. The molecule has 2 N–H and O–H groups in total. The van der Waals surface area contributed by atoms with Gasteiger partial charge in [0.05, 0.1) is 5.56 Å². The van der Waals surface area contributed by atoms with E-state index in [1.54, 1.807) is 18.5 Å². The first-order valence-corrected chi connectivity index (χ1v) is 7.36. The third-order valence-corrected chi connectivity index (χ3v) is 3.93. The highest BCUT2D eigenvalue weighted by Gasteiger charge is 2.34.